The van der Waals surface area contributed by atoms with E-state index in [0.29, 0.717) is 16.4 Å². The number of hydrogen-bond acceptors (Lipinski definition) is 5. The number of benzene rings is 1. The molecule has 1 aromatic carbocycles. The van der Waals surface area contributed by atoms with Crippen LogP contribution >= 0.6 is 12.2 Å². The van der Waals surface area contributed by atoms with E-state index in [1.165, 1.54) is 19.2 Å². The lowest BCUT2D eigenvalue weighted by atomic mass is 9.95. The summed E-state index contributed by atoms with van der Waals surface area (Å²) in [5.74, 6) is -0.381. The molecule has 0 aromatic heterocycles. The molecule has 1 atom stereocenters. The van der Waals surface area contributed by atoms with Crippen LogP contribution in [-0.2, 0) is 9.53 Å². The summed E-state index contributed by atoms with van der Waals surface area (Å²) in [6, 6.07) is 5.68. The number of esters is 1. The lowest BCUT2D eigenvalue weighted by molar-refractivity contribution is -0.384. The van der Waals surface area contributed by atoms with Gasteiger partial charge in [0.1, 0.15) is 0 Å². The van der Waals surface area contributed by atoms with Gasteiger partial charge in [0.05, 0.1) is 23.6 Å². The Labute approximate surface area is 150 Å². The molecule has 2 rings (SSSR count). The van der Waals surface area contributed by atoms with Gasteiger partial charge in [-0.05, 0) is 35.8 Å². The highest BCUT2D eigenvalue weighted by atomic mass is 32.1. The first-order chi connectivity index (χ1) is 11.8. The maximum Gasteiger partial charge on any atom is 0.337 e. The molecule has 0 fully saturated rings. The smallest absolute Gasteiger partial charge is 0.337 e. The normalized spacial score (nSPS) is 17.4. The van der Waals surface area contributed by atoms with Crippen molar-refractivity contribution in [3.05, 3.63) is 57.3 Å². The molecule has 0 spiro atoms. The molecule has 0 bridgehead atoms. The van der Waals surface area contributed by atoms with E-state index in [1.807, 2.05) is 13.8 Å². The number of carbonyl (C=O) groups is 1. The zero-order valence-electron chi connectivity index (χ0n) is 14.1. The van der Waals surface area contributed by atoms with Crippen molar-refractivity contribution in [3.63, 3.8) is 0 Å². The summed E-state index contributed by atoms with van der Waals surface area (Å²) in [5, 5.41) is 17.2. The molecule has 1 aromatic rings. The number of nitrogens with zero attached hydrogens (tertiary/aromatic N) is 1. The molecule has 0 aliphatic carbocycles. The van der Waals surface area contributed by atoms with Crippen LogP contribution < -0.4 is 10.6 Å². The van der Waals surface area contributed by atoms with Crippen LogP contribution in [0.3, 0.4) is 0 Å². The maximum absolute atomic E-state index is 12.2. The topological polar surface area (TPSA) is 93.5 Å². The standard InChI is InChI=1S/C17H19N3O4S/c1-10(2)15-14(16(21)24-3)13(18-17(25)19-15)9-6-11-4-7-12(8-5-11)20(22)23/h4-10,13H,1-3H3,(H2,18,19,25)/b9-6+/t13-/m0/s1. The molecule has 7 nitrogen and oxygen atoms in total. The summed E-state index contributed by atoms with van der Waals surface area (Å²) in [6.45, 7) is 3.91. The Morgan fingerprint density at radius 3 is 2.52 bits per heavy atom. The second kappa shape index (κ2) is 7.89. The SMILES string of the molecule is COC(=O)C1=C(C(C)C)NC(=S)N[C@H]1/C=C/c1ccc([N+](=O)[O-])cc1. The zero-order valence-corrected chi connectivity index (χ0v) is 14.9. The number of carbonyl (C=O) groups excluding carboxylic acids is 1. The summed E-state index contributed by atoms with van der Waals surface area (Å²) in [5.41, 5.74) is 1.97. The minimum atomic E-state index is -0.451. The minimum absolute atomic E-state index is 0.0237. The van der Waals surface area contributed by atoms with E-state index >= 15 is 0 Å². The number of allylic oxidation sites excluding steroid dienone is 1. The van der Waals surface area contributed by atoms with Crippen molar-refractivity contribution in [2.24, 2.45) is 5.92 Å². The highest BCUT2D eigenvalue weighted by Crippen LogP contribution is 2.22. The number of methoxy groups -OCH3 is 1. The summed E-state index contributed by atoms with van der Waals surface area (Å²) in [4.78, 5) is 22.5. The van der Waals surface area contributed by atoms with Crippen molar-refractivity contribution in [1.82, 2.24) is 10.6 Å². The van der Waals surface area contributed by atoms with E-state index in [0.717, 1.165) is 5.56 Å². The Morgan fingerprint density at radius 2 is 2.00 bits per heavy atom. The predicted octanol–water partition coefficient (Wildman–Crippen LogP) is 2.54. The van der Waals surface area contributed by atoms with Crippen LogP contribution in [0.4, 0.5) is 5.69 Å². The largest absolute Gasteiger partial charge is 0.466 e. The summed E-state index contributed by atoms with van der Waals surface area (Å²) in [7, 11) is 1.33. The van der Waals surface area contributed by atoms with E-state index in [2.05, 4.69) is 10.6 Å². The van der Waals surface area contributed by atoms with Crippen molar-refractivity contribution >= 4 is 35.1 Å². The van der Waals surface area contributed by atoms with E-state index in [4.69, 9.17) is 17.0 Å². The fourth-order valence-corrected chi connectivity index (χ4v) is 2.70. The van der Waals surface area contributed by atoms with Gasteiger partial charge in [0.25, 0.3) is 5.69 Å². The van der Waals surface area contributed by atoms with E-state index in [1.54, 1.807) is 24.3 Å². The maximum atomic E-state index is 12.2. The van der Waals surface area contributed by atoms with Crippen molar-refractivity contribution in [2.75, 3.05) is 7.11 Å². The van der Waals surface area contributed by atoms with Gasteiger partial charge in [-0.25, -0.2) is 4.79 Å². The molecule has 2 N–H and O–H groups in total. The first-order valence-corrected chi connectivity index (χ1v) is 8.07. The lowest BCUT2D eigenvalue weighted by Gasteiger charge is -2.30. The van der Waals surface area contributed by atoms with Crippen molar-refractivity contribution in [2.45, 2.75) is 19.9 Å². The van der Waals surface area contributed by atoms with Crippen molar-refractivity contribution in [1.29, 1.82) is 0 Å². The number of thiocarbonyl (C=S) groups is 1. The first-order valence-electron chi connectivity index (χ1n) is 7.66. The summed E-state index contributed by atoms with van der Waals surface area (Å²) in [6.07, 6.45) is 3.55. The van der Waals surface area contributed by atoms with E-state index in [9.17, 15) is 14.9 Å². The van der Waals surface area contributed by atoms with Crippen LogP contribution in [0, 0.1) is 16.0 Å². The van der Waals surface area contributed by atoms with Crippen LogP contribution in [0.2, 0.25) is 0 Å². The molecule has 1 aliphatic heterocycles. The molecule has 1 heterocycles. The highest BCUT2D eigenvalue weighted by molar-refractivity contribution is 7.80. The Morgan fingerprint density at radius 1 is 1.36 bits per heavy atom. The monoisotopic (exact) mass is 361 g/mol. The van der Waals surface area contributed by atoms with Crippen LogP contribution in [0.25, 0.3) is 6.08 Å². The number of non-ortho nitro benzene ring substituents is 1. The Bertz CT molecular complexity index is 754. The summed E-state index contributed by atoms with van der Waals surface area (Å²) >= 11 is 5.21. The van der Waals surface area contributed by atoms with Gasteiger partial charge in [0.15, 0.2) is 5.11 Å². The van der Waals surface area contributed by atoms with Crippen LogP contribution in [0.1, 0.15) is 19.4 Å². The van der Waals surface area contributed by atoms with Gasteiger partial charge >= 0.3 is 5.97 Å². The molecule has 0 amide bonds. The Kier molecular flexibility index (Phi) is 5.87. The van der Waals surface area contributed by atoms with E-state index in [-0.39, 0.29) is 11.6 Å². The van der Waals surface area contributed by atoms with Gasteiger partial charge < -0.3 is 15.4 Å². The van der Waals surface area contributed by atoms with Crippen molar-refractivity contribution in [3.8, 4) is 0 Å². The van der Waals surface area contributed by atoms with Crippen LogP contribution in [0.15, 0.2) is 41.6 Å². The molecular formula is C17H19N3O4S. The molecule has 1 aliphatic rings. The predicted molar refractivity (Wildman–Crippen MR) is 98.7 cm³/mol. The van der Waals surface area contributed by atoms with E-state index < -0.39 is 16.9 Å². The number of hydrogen-bond donors (Lipinski definition) is 2. The van der Waals surface area contributed by atoms with Crippen LogP contribution in [-0.4, -0.2) is 29.2 Å². The molecule has 0 unspecified atom stereocenters. The van der Waals surface area contributed by atoms with Gasteiger partial charge in [0, 0.05) is 17.8 Å². The average Bonchev–Trinajstić information content (AvgIpc) is 2.59. The molecular weight excluding hydrogens is 342 g/mol. The highest BCUT2D eigenvalue weighted by Gasteiger charge is 2.30. The third-order valence-electron chi connectivity index (χ3n) is 3.70. The zero-order chi connectivity index (χ0) is 18.6. The number of nitro benzene ring substituents is 1. The molecule has 0 radical (unpaired) electrons. The first kappa shape index (κ1) is 18.6. The minimum Gasteiger partial charge on any atom is -0.466 e. The molecule has 0 saturated heterocycles. The Balaban J connectivity index is 2.34. The average molecular weight is 361 g/mol. The quantitative estimate of drug-likeness (QED) is 0.360. The fourth-order valence-electron chi connectivity index (χ4n) is 2.47. The number of ether oxygens (including phenoxy) is 1. The molecule has 25 heavy (non-hydrogen) atoms. The van der Waals surface area contributed by atoms with Gasteiger partial charge in [-0.3, -0.25) is 10.1 Å². The van der Waals surface area contributed by atoms with Gasteiger partial charge in [0.2, 0.25) is 0 Å². The van der Waals surface area contributed by atoms with Gasteiger partial charge in [-0.2, -0.15) is 0 Å². The number of rotatable bonds is 5. The number of nitrogens with one attached hydrogen (secondary N) is 2. The van der Waals surface area contributed by atoms with Crippen molar-refractivity contribution < 1.29 is 14.5 Å². The van der Waals surface area contributed by atoms with Gasteiger partial charge in [-0.1, -0.05) is 26.0 Å². The third kappa shape index (κ3) is 4.42. The van der Waals surface area contributed by atoms with Crippen LogP contribution in [0.5, 0.6) is 0 Å². The second-order valence-corrected chi connectivity index (χ2v) is 6.17. The number of nitro groups is 1. The van der Waals surface area contributed by atoms with Gasteiger partial charge in [-0.15, -0.1) is 0 Å². The fraction of sp³-hybridized carbons (Fsp3) is 0.294. The lowest BCUT2D eigenvalue weighted by Crippen LogP contribution is -2.50. The summed E-state index contributed by atoms with van der Waals surface area (Å²) < 4.78 is 4.90. The molecule has 8 heteroatoms. The Hall–Kier alpha value is -2.74. The second-order valence-electron chi connectivity index (χ2n) is 5.76. The molecule has 0 saturated carbocycles. The molecule has 132 valence electrons. The third-order valence-corrected chi connectivity index (χ3v) is 3.92.